The monoisotopic (exact) mass is 500 g/mol. The highest BCUT2D eigenvalue weighted by Gasteiger charge is 2.21. The Morgan fingerprint density at radius 2 is 1.92 bits per heavy atom. The fraction of sp³-hybridized carbons (Fsp3) is 0.345. The van der Waals surface area contributed by atoms with Crippen LogP contribution in [0.15, 0.2) is 65.5 Å². The third kappa shape index (κ3) is 5.42. The van der Waals surface area contributed by atoms with Gasteiger partial charge in [-0.1, -0.05) is 30.3 Å². The zero-order chi connectivity index (χ0) is 25.1. The van der Waals surface area contributed by atoms with Gasteiger partial charge in [0.2, 0.25) is 5.91 Å². The highest BCUT2D eigenvalue weighted by molar-refractivity contribution is 7.15. The topological polar surface area (TPSA) is 67.2 Å². The second-order valence-electron chi connectivity index (χ2n) is 9.63. The molecule has 6 nitrogen and oxygen atoms in total. The number of nitrogens with one attached hydrogen (secondary N) is 1. The van der Waals surface area contributed by atoms with Crippen LogP contribution in [-0.4, -0.2) is 40.2 Å². The Kier molecular flexibility index (Phi) is 7.30. The van der Waals surface area contributed by atoms with Crippen LogP contribution < -0.4 is 10.9 Å². The minimum atomic E-state index is -0.0488. The summed E-state index contributed by atoms with van der Waals surface area (Å²) in [5, 5.41) is 9.36. The zero-order valence-corrected chi connectivity index (χ0v) is 21.7. The fourth-order valence-electron chi connectivity index (χ4n) is 5.18. The maximum Gasteiger partial charge on any atom is 0.274 e. The van der Waals surface area contributed by atoms with E-state index in [1.54, 1.807) is 16.0 Å². The molecule has 0 radical (unpaired) electrons. The van der Waals surface area contributed by atoms with Crippen molar-refractivity contribution in [2.45, 2.75) is 45.6 Å². The van der Waals surface area contributed by atoms with Crippen molar-refractivity contribution in [2.24, 2.45) is 0 Å². The normalized spacial score (nSPS) is 16.3. The molecule has 5 rings (SSSR count). The molecule has 36 heavy (non-hydrogen) atoms. The molecule has 1 unspecified atom stereocenters. The lowest BCUT2D eigenvalue weighted by Crippen LogP contribution is -2.36. The second-order valence-corrected chi connectivity index (χ2v) is 10.9. The number of thiophene rings is 1. The second kappa shape index (κ2) is 10.8. The number of benzene rings is 2. The molecule has 0 bridgehead atoms. The van der Waals surface area contributed by atoms with E-state index in [0.717, 1.165) is 65.9 Å². The van der Waals surface area contributed by atoms with E-state index in [1.165, 1.54) is 17.4 Å². The summed E-state index contributed by atoms with van der Waals surface area (Å²) in [5.74, 6) is 0.398. The number of likely N-dealkylation sites (tertiary alicyclic amines) is 1. The number of aromatic nitrogens is 2. The summed E-state index contributed by atoms with van der Waals surface area (Å²) in [6.07, 6.45) is 3.16. The maximum atomic E-state index is 13.2. The summed E-state index contributed by atoms with van der Waals surface area (Å²) < 4.78 is 1.66. The van der Waals surface area contributed by atoms with E-state index in [1.807, 2.05) is 36.4 Å². The van der Waals surface area contributed by atoms with Crippen molar-refractivity contribution >= 4 is 33.7 Å². The van der Waals surface area contributed by atoms with Crippen LogP contribution in [0.2, 0.25) is 0 Å². The minimum Gasteiger partial charge on any atom is -0.326 e. The zero-order valence-electron chi connectivity index (χ0n) is 20.9. The Balaban J connectivity index is 1.28. The molecule has 2 aromatic heterocycles. The van der Waals surface area contributed by atoms with Crippen LogP contribution in [0.4, 0.5) is 5.69 Å². The highest BCUT2D eigenvalue weighted by Crippen LogP contribution is 2.31. The standard InChI is InChI=1S/C29H32N4O2S/c1-20-13-14-27(36-20)28-25-11-3-4-12-26(25)29(35)33(31-28)17-7-16-32-15-6-9-23(19-32)22-8-5-10-24(18-22)30-21(2)34/h3-5,8,10-14,18,23H,6-7,9,15-17,19H2,1-2H3,(H,30,34). The number of hydrogen-bond acceptors (Lipinski definition) is 5. The van der Waals surface area contributed by atoms with Crippen molar-refractivity contribution in [3.63, 3.8) is 0 Å². The van der Waals surface area contributed by atoms with Gasteiger partial charge in [-0.3, -0.25) is 9.59 Å². The molecule has 4 aromatic rings. The fourth-order valence-corrected chi connectivity index (χ4v) is 6.05. The third-order valence-corrected chi connectivity index (χ3v) is 7.88. The number of carbonyl (C=O) groups is 1. The average Bonchev–Trinajstić information content (AvgIpc) is 3.31. The van der Waals surface area contributed by atoms with Crippen LogP contribution in [0.3, 0.4) is 0 Å². The van der Waals surface area contributed by atoms with Gasteiger partial charge in [-0.25, -0.2) is 4.68 Å². The number of hydrogen-bond donors (Lipinski definition) is 1. The first-order chi connectivity index (χ1) is 17.5. The van der Waals surface area contributed by atoms with Crippen LogP contribution in [0.25, 0.3) is 21.3 Å². The van der Waals surface area contributed by atoms with Crippen molar-refractivity contribution in [2.75, 3.05) is 25.0 Å². The summed E-state index contributed by atoms with van der Waals surface area (Å²) in [6.45, 7) is 7.21. The Morgan fingerprint density at radius 3 is 2.69 bits per heavy atom. The molecular weight excluding hydrogens is 468 g/mol. The van der Waals surface area contributed by atoms with Gasteiger partial charge in [-0.15, -0.1) is 11.3 Å². The molecule has 0 aliphatic carbocycles. The number of rotatable bonds is 7. The summed E-state index contributed by atoms with van der Waals surface area (Å²) in [7, 11) is 0. The number of aryl methyl sites for hydroxylation is 2. The Bertz CT molecular complexity index is 1440. The van der Waals surface area contributed by atoms with Crippen LogP contribution in [-0.2, 0) is 11.3 Å². The van der Waals surface area contributed by atoms with Crippen LogP contribution in [0, 0.1) is 6.92 Å². The summed E-state index contributed by atoms with van der Waals surface area (Å²) >= 11 is 1.71. The molecule has 1 fully saturated rings. The van der Waals surface area contributed by atoms with Gasteiger partial charge in [0, 0.05) is 36.0 Å². The number of piperidine rings is 1. The summed E-state index contributed by atoms with van der Waals surface area (Å²) in [4.78, 5) is 29.5. The molecule has 1 saturated heterocycles. The molecule has 186 valence electrons. The van der Waals surface area contributed by atoms with Gasteiger partial charge in [-0.2, -0.15) is 5.10 Å². The molecule has 3 heterocycles. The molecule has 1 amide bonds. The third-order valence-electron chi connectivity index (χ3n) is 6.87. The lowest BCUT2D eigenvalue weighted by Gasteiger charge is -2.33. The van der Waals surface area contributed by atoms with Crippen LogP contribution >= 0.6 is 11.3 Å². The van der Waals surface area contributed by atoms with Gasteiger partial charge in [0.25, 0.3) is 5.56 Å². The van der Waals surface area contributed by atoms with Crippen molar-refractivity contribution in [1.82, 2.24) is 14.7 Å². The number of fused-ring (bicyclic) bond motifs is 1. The van der Waals surface area contributed by atoms with Crippen molar-refractivity contribution in [3.8, 4) is 10.6 Å². The summed E-state index contributed by atoms with van der Waals surface area (Å²) in [6, 6.07) is 20.2. The highest BCUT2D eigenvalue weighted by atomic mass is 32.1. The number of carbonyl (C=O) groups excluding carboxylic acids is 1. The molecule has 2 aromatic carbocycles. The average molecular weight is 501 g/mol. The lowest BCUT2D eigenvalue weighted by atomic mass is 9.90. The smallest absolute Gasteiger partial charge is 0.274 e. The van der Waals surface area contributed by atoms with E-state index < -0.39 is 0 Å². The Labute approximate surface area is 215 Å². The molecule has 0 saturated carbocycles. The summed E-state index contributed by atoms with van der Waals surface area (Å²) in [5.41, 5.74) is 3.00. The van der Waals surface area contributed by atoms with Crippen molar-refractivity contribution in [1.29, 1.82) is 0 Å². The van der Waals surface area contributed by atoms with Gasteiger partial charge in [0.15, 0.2) is 0 Å². The predicted octanol–water partition coefficient (Wildman–Crippen LogP) is 5.66. The van der Waals surface area contributed by atoms with Gasteiger partial charge in [0.05, 0.1) is 10.3 Å². The lowest BCUT2D eigenvalue weighted by molar-refractivity contribution is -0.114. The maximum absolute atomic E-state index is 13.2. The molecule has 1 aliphatic heterocycles. The van der Waals surface area contributed by atoms with Gasteiger partial charge in [0.1, 0.15) is 5.69 Å². The van der Waals surface area contributed by atoms with E-state index in [9.17, 15) is 9.59 Å². The van der Waals surface area contributed by atoms with E-state index in [2.05, 4.69) is 41.4 Å². The van der Waals surface area contributed by atoms with Crippen LogP contribution in [0.5, 0.6) is 0 Å². The first-order valence-electron chi connectivity index (χ1n) is 12.6. The molecule has 1 aliphatic rings. The molecule has 7 heteroatoms. The molecule has 0 spiro atoms. The van der Waals surface area contributed by atoms with Crippen molar-refractivity contribution in [3.05, 3.63) is 81.5 Å². The first kappa shape index (κ1) is 24.4. The van der Waals surface area contributed by atoms with Crippen molar-refractivity contribution < 1.29 is 4.79 Å². The number of nitrogens with zero attached hydrogens (tertiary/aromatic N) is 3. The number of anilines is 1. The van der Waals surface area contributed by atoms with E-state index in [-0.39, 0.29) is 11.5 Å². The molecule has 1 N–H and O–H groups in total. The first-order valence-corrected chi connectivity index (χ1v) is 13.5. The molecule has 1 atom stereocenters. The number of amides is 1. The Morgan fingerprint density at radius 1 is 1.08 bits per heavy atom. The van der Waals surface area contributed by atoms with Gasteiger partial charge in [-0.05, 0) is 81.1 Å². The molecular formula is C29H32N4O2S. The van der Waals surface area contributed by atoms with E-state index >= 15 is 0 Å². The largest absolute Gasteiger partial charge is 0.326 e. The van der Waals surface area contributed by atoms with E-state index in [4.69, 9.17) is 5.10 Å². The minimum absolute atomic E-state index is 0.0195. The van der Waals surface area contributed by atoms with Crippen LogP contribution in [0.1, 0.15) is 42.5 Å². The SMILES string of the molecule is CC(=O)Nc1cccc(C2CCCN(CCCn3nc(-c4ccc(C)s4)c4ccccc4c3=O)C2)c1. The predicted molar refractivity (Wildman–Crippen MR) is 148 cm³/mol. The Hall–Kier alpha value is -3.29. The van der Waals surface area contributed by atoms with Gasteiger partial charge >= 0.3 is 0 Å². The van der Waals surface area contributed by atoms with E-state index in [0.29, 0.717) is 12.5 Å². The quantitative estimate of drug-likeness (QED) is 0.355. The van der Waals surface area contributed by atoms with Gasteiger partial charge < -0.3 is 10.2 Å².